The third-order valence-electron chi connectivity index (χ3n) is 2.44. The summed E-state index contributed by atoms with van der Waals surface area (Å²) in [6.45, 7) is 0.0898. The molecule has 2 rings (SSSR count). The van der Waals surface area contributed by atoms with Crippen molar-refractivity contribution < 1.29 is 14.6 Å². The van der Waals surface area contributed by atoms with Gasteiger partial charge in [-0.15, -0.1) is 0 Å². The summed E-state index contributed by atoms with van der Waals surface area (Å²) in [5.41, 5.74) is -0.180. The molecule has 102 valence electrons. The van der Waals surface area contributed by atoms with Gasteiger partial charge < -0.3 is 4.74 Å². The Morgan fingerprint density at radius 3 is 2.40 bits per heavy atom. The van der Waals surface area contributed by atoms with Crippen LogP contribution in [-0.4, -0.2) is 14.8 Å². The number of nitro groups is 2. The minimum Gasteiger partial charge on any atom is -0.468 e. The van der Waals surface area contributed by atoms with Crippen LogP contribution < -0.4 is 4.74 Å². The monoisotopic (exact) mass is 275 g/mol. The third kappa shape index (κ3) is 3.05. The van der Waals surface area contributed by atoms with Gasteiger partial charge in [-0.05, 0) is 5.56 Å². The molecule has 1 heterocycles. The van der Waals surface area contributed by atoms with E-state index in [0.29, 0.717) is 0 Å². The molecule has 0 amide bonds. The number of hydrogen-bond donors (Lipinski definition) is 0. The molecule has 0 saturated heterocycles. The van der Waals surface area contributed by atoms with E-state index in [-0.39, 0.29) is 12.5 Å². The van der Waals surface area contributed by atoms with Crippen molar-refractivity contribution in [1.29, 1.82) is 0 Å². The van der Waals surface area contributed by atoms with Gasteiger partial charge in [0.25, 0.3) is 11.6 Å². The topological polar surface area (TPSA) is 108 Å². The molecule has 1 aromatic carbocycles. The molecule has 1 aromatic heterocycles. The molecule has 0 aliphatic heterocycles. The summed E-state index contributed by atoms with van der Waals surface area (Å²) in [7, 11) is 0. The first-order chi connectivity index (χ1) is 9.58. The van der Waals surface area contributed by atoms with E-state index in [0.717, 1.165) is 17.8 Å². The van der Waals surface area contributed by atoms with Crippen molar-refractivity contribution in [2.45, 2.75) is 6.61 Å². The molecule has 0 aliphatic carbocycles. The second-order valence-corrected chi connectivity index (χ2v) is 3.81. The number of aromatic nitrogens is 1. The van der Waals surface area contributed by atoms with Crippen molar-refractivity contribution in [2.24, 2.45) is 0 Å². The molecule has 0 aliphatic rings. The summed E-state index contributed by atoms with van der Waals surface area (Å²) in [6, 6.07) is 9.84. The van der Waals surface area contributed by atoms with Gasteiger partial charge in [-0.25, -0.2) is 4.98 Å². The highest BCUT2D eigenvalue weighted by Crippen LogP contribution is 2.28. The van der Waals surface area contributed by atoms with E-state index in [9.17, 15) is 20.2 Å². The fraction of sp³-hybridized carbons (Fsp3) is 0.0833. The zero-order valence-corrected chi connectivity index (χ0v) is 10.1. The SMILES string of the molecule is O=[N+]([O-])c1cnc(OCc2ccccc2)c([N+](=O)[O-])c1. The molecule has 0 spiro atoms. The van der Waals surface area contributed by atoms with Crippen LogP contribution >= 0.6 is 0 Å². The summed E-state index contributed by atoms with van der Waals surface area (Å²) in [5, 5.41) is 21.4. The van der Waals surface area contributed by atoms with E-state index in [1.165, 1.54) is 0 Å². The lowest BCUT2D eigenvalue weighted by Crippen LogP contribution is -2.02. The van der Waals surface area contributed by atoms with Gasteiger partial charge in [0.2, 0.25) is 0 Å². The van der Waals surface area contributed by atoms with Crippen molar-refractivity contribution in [3.05, 3.63) is 68.4 Å². The summed E-state index contributed by atoms with van der Waals surface area (Å²) >= 11 is 0. The Hall–Kier alpha value is -3.03. The first kappa shape index (κ1) is 13.4. The first-order valence-electron chi connectivity index (χ1n) is 5.53. The highest BCUT2D eigenvalue weighted by atomic mass is 16.6. The van der Waals surface area contributed by atoms with Gasteiger partial charge in [-0.1, -0.05) is 30.3 Å². The molecule has 20 heavy (non-hydrogen) atoms. The predicted octanol–water partition coefficient (Wildman–Crippen LogP) is 2.48. The smallest absolute Gasteiger partial charge is 0.337 e. The number of hydrogen-bond acceptors (Lipinski definition) is 6. The van der Waals surface area contributed by atoms with E-state index in [2.05, 4.69) is 4.98 Å². The van der Waals surface area contributed by atoms with E-state index in [1.807, 2.05) is 6.07 Å². The largest absolute Gasteiger partial charge is 0.468 e. The Kier molecular flexibility index (Phi) is 3.85. The van der Waals surface area contributed by atoms with Crippen LogP contribution in [0.4, 0.5) is 11.4 Å². The molecular weight excluding hydrogens is 266 g/mol. The molecule has 0 bridgehead atoms. The molecule has 8 nitrogen and oxygen atoms in total. The van der Waals surface area contributed by atoms with Gasteiger partial charge in [0.15, 0.2) is 0 Å². The molecular formula is C12H9N3O5. The van der Waals surface area contributed by atoms with Crippen molar-refractivity contribution in [2.75, 3.05) is 0 Å². The van der Waals surface area contributed by atoms with E-state index in [4.69, 9.17) is 4.74 Å². The van der Waals surface area contributed by atoms with Gasteiger partial charge in [0, 0.05) is 0 Å². The van der Waals surface area contributed by atoms with E-state index >= 15 is 0 Å². The molecule has 0 radical (unpaired) electrons. The predicted molar refractivity (Wildman–Crippen MR) is 68.3 cm³/mol. The first-order valence-corrected chi connectivity index (χ1v) is 5.53. The van der Waals surface area contributed by atoms with Gasteiger partial charge >= 0.3 is 5.69 Å². The van der Waals surface area contributed by atoms with Crippen LogP contribution in [0.5, 0.6) is 5.88 Å². The average molecular weight is 275 g/mol. The summed E-state index contributed by atoms with van der Waals surface area (Å²) in [5.74, 6) is -0.246. The summed E-state index contributed by atoms with van der Waals surface area (Å²) in [4.78, 5) is 23.6. The van der Waals surface area contributed by atoms with Gasteiger partial charge in [0.05, 0.1) is 9.85 Å². The van der Waals surface area contributed by atoms with E-state index < -0.39 is 21.2 Å². The number of nitrogens with zero attached hydrogens (tertiary/aromatic N) is 3. The Morgan fingerprint density at radius 2 is 1.80 bits per heavy atom. The fourth-order valence-corrected chi connectivity index (χ4v) is 1.50. The molecule has 0 unspecified atom stereocenters. The summed E-state index contributed by atoms with van der Waals surface area (Å²) in [6.07, 6.45) is 0.924. The van der Waals surface area contributed by atoms with Crippen LogP contribution in [0.25, 0.3) is 0 Å². The van der Waals surface area contributed by atoms with Crippen LogP contribution in [0.1, 0.15) is 5.56 Å². The molecule has 8 heteroatoms. The molecule has 2 aromatic rings. The highest BCUT2D eigenvalue weighted by molar-refractivity contribution is 5.48. The van der Waals surface area contributed by atoms with Crippen LogP contribution in [-0.2, 0) is 6.61 Å². The Morgan fingerprint density at radius 1 is 1.10 bits per heavy atom. The highest BCUT2D eigenvalue weighted by Gasteiger charge is 2.22. The van der Waals surface area contributed by atoms with Gasteiger partial charge in [-0.2, -0.15) is 0 Å². The third-order valence-corrected chi connectivity index (χ3v) is 2.44. The number of pyridine rings is 1. The number of ether oxygens (including phenoxy) is 1. The maximum absolute atomic E-state index is 10.9. The second-order valence-electron chi connectivity index (χ2n) is 3.81. The molecule has 0 atom stereocenters. The fourth-order valence-electron chi connectivity index (χ4n) is 1.50. The molecule has 0 fully saturated rings. The lowest BCUT2D eigenvalue weighted by atomic mass is 10.2. The zero-order chi connectivity index (χ0) is 14.5. The minimum atomic E-state index is -0.764. The standard InChI is InChI=1S/C12H9N3O5/c16-14(17)10-6-11(15(18)19)12(13-7-10)20-8-9-4-2-1-3-5-9/h1-7H,8H2. The van der Waals surface area contributed by atoms with Crippen LogP contribution in [0.2, 0.25) is 0 Å². The molecule has 0 N–H and O–H groups in total. The van der Waals surface area contributed by atoms with Crippen LogP contribution in [0, 0.1) is 20.2 Å². The average Bonchev–Trinajstić information content (AvgIpc) is 2.45. The lowest BCUT2D eigenvalue weighted by Gasteiger charge is -2.05. The van der Waals surface area contributed by atoms with Gasteiger partial charge in [0.1, 0.15) is 18.9 Å². The van der Waals surface area contributed by atoms with Crippen LogP contribution in [0.15, 0.2) is 42.6 Å². The Labute approximate surface area is 112 Å². The minimum absolute atomic E-state index is 0.0898. The lowest BCUT2D eigenvalue weighted by molar-refractivity contribution is -0.395. The van der Waals surface area contributed by atoms with Crippen molar-refractivity contribution >= 4 is 11.4 Å². The second kappa shape index (κ2) is 5.74. The quantitative estimate of drug-likeness (QED) is 0.612. The maximum Gasteiger partial charge on any atom is 0.337 e. The van der Waals surface area contributed by atoms with Crippen molar-refractivity contribution in [1.82, 2.24) is 4.98 Å². The number of rotatable bonds is 5. The van der Waals surface area contributed by atoms with Crippen LogP contribution in [0.3, 0.4) is 0 Å². The number of benzene rings is 1. The molecule has 0 saturated carbocycles. The maximum atomic E-state index is 10.9. The van der Waals surface area contributed by atoms with Crippen molar-refractivity contribution in [3.63, 3.8) is 0 Å². The summed E-state index contributed by atoms with van der Waals surface area (Å²) < 4.78 is 5.24. The normalized spacial score (nSPS) is 10.0. The zero-order valence-electron chi connectivity index (χ0n) is 10.1. The van der Waals surface area contributed by atoms with Gasteiger partial charge in [-0.3, -0.25) is 20.2 Å². The Balaban J connectivity index is 2.23. The van der Waals surface area contributed by atoms with E-state index in [1.54, 1.807) is 24.3 Å². The van der Waals surface area contributed by atoms with Crippen molar-refractivity contribution in [3.8, 4) is 5.88 Å². The Bertz CT molecular complexity index is 645.